The molecule has 1 aromatic heterocycles. The lowest BCUT2D eigenvalue weighted by molar-refractivity contribution is 0.387. The highest BCUT2D eigenvalue weighted by atomic mass is 35.5. The fourth-order valence-corrected chi connectivity index (χ4v) is 2.29. The van der Waals surface area contributed by atoms with Crippen molar-refractivity contribution in [2.75, 3.05) is 6.54 Å². The molecule has 1 aromatic rings. The maximum atomic E-state index is 6.22. The number of rotatable bonds is 7. The Morgan fingerprint density at radius 2 is 2.18 bits per heavy atom. The zero-order valence-corrected chi connectivity index (χ0v) is 12.1. The van der Waals surface area contributed by atoms with Crippen LogP contribution >= 0.6 is 11.6 Å². The van der Waals surface area contributed by atoms with Gasteiger partial charge in [0, 0.05) is 7.05 Å². The third-order valence-corrected chi connectivity index (χ3v) is 3.53. The van der Waals surface area contributed by atoms with Crippen LogP contribution in [-0.2, 0) is 7.05 Å². The van der Waals surface area contributed by atoms with E-state index in [-0.39, 0.29) is 0 Å². The van der Waals surface area contributed by atoms with Gasteiger partial charge in [-0.05, 0) is 25.3 Å². The second-order valence-corrected chi connectivity index (χ2v) is 5.16. The van der Waals surface area contributed by atoms with Crippen LogP contribution in [0.2, 0.25) is 5.02 Å². The second-order valence-electron chi connectivity index (χ2n) is 4.76. The van der Waals surface area contributed by atoms with E-state index in [0.717, 1.165) is 30.1 Å². The minimum Gasteiger partial charge on any atom is -0.309 e. The van der Waals surface area contributed by atoms with Crippen LogP contribution in [0.1, 0.15) is 51.8 Å². The van der Waals surface area contributed by atoms with Crippen molar-refractivity contribution in [2.45, 2.75) is 46.1 Å². The Kier molecular flexibility index (Phi) is 6.00. The molecule has 2 atom stereocenters. The van der Waals surface area contributed by atoms with Gasteiger partial charge in [-0.2, -0.15) is 5.10 Å². The van der Waals surface area contributed by atoms with E-state index in [4.69, 9.17) is 11.6 Å². The Morgan fingerprint density at radius 1 is 1.47 bits per heavy atom. The quantitative estimate of drug-likeness (QED) is 0.810. The molecule has 2 unspecified atom stereocenters. The third kappa shape index (κ3) is 4.00. The minimum atomic E-state index is 0.310. The summed E-state index contributed by atoms with van der Waals surface area (Å²) >= 11 is 6.22. The third-order valence-electron chi connectivity index (χ3n) is 3.24. The first kappa shape index (κ1) is 14.5. The van der Waals surface area contributed by atoms with Crippen LogP contribution in [0.25, 0.3) is 0 Å². The van der Waals surface area contributed by atoms with E-state index in [2.05, 4.69) is 31.2 Å². The molecule has 1 N–H and O–H groups in total. The van der Waals surface area contributed by atoms with Crippen LogP contribution in [0.15, 0.2) is 6.20 Å². The largest absolute Gasteiger partial charge is 0.309 e. The number of nitrogens with one attached hydrogen (secondary N) is 1. The predicted octanol–water partition coefficient (Wildman–Crippen LogP) is 3.55. The maximum Gasteiger partial charge on any atom is 0.0834 e. The molecule has 4 heteroatoms. The zero-order chi connectivity index (χ0) is 12.8. The average molecular weight is 258 g/mol. The average Bonchev–Trinajstić information content (AvgIpc) is 2.64. The van der Waals surface area contributed by atoms with Crippen LogP contribution in [0.3, 0.4) is 0 Å². The van der Waals surface area contributed by atoms with E-state index in [9.17, 15) is 0 Å². The molecule has 0 saturated heterocycles. The lowest BCUT2D eigenvalue weighted by Crippen LogP contribution is -2.26. The number of aromatic nitrogens is 2. The highest BCUT2D eigenvalue weighted by molar-refractivity contribution is 6.31. The highest BCUT2D eigenvalue weighted by Gasteiger charge is 2.20. The van der Waals surface area contributed by atoms with Crippen molar-refractivity contribution in [3.05, 3.63) is 16.9 Å². The Labute approximate surface area is 110 Å². The van der Waals surface area contributed by atoms with E-state index in [1.54, 1.807) is 6.20 Å². The van der Waals surface area contributed by atoms with Gasteiger partial charge in [-0.1, -0.05) is 38.8 Å². The normalized spacial score (nSPS) is 14.9. The van der Waals surface area contributed by atoms with Crippen LogP contribution < -0.4 is 5.32 Å². The van der Waals surface area contributed by atoms with Crippen LogP contribution in [0.4, 0.5) is 0 Å². The van der Waals surface area contributed by atoms with Gasteiger partial charge in [-0.15, -0.1) is 0 Å². The molecule has 3 nitrogen and oxygen atoms in total. The summed E-state index contributed by atoms with van der Waals surface area (Å²) in [5.74, 6) is 0.690. The summed E-state index contributed by atoms with van der Waals surface area (Å²) in [6.45, 7) is 7.71. The molecular weight excluding hydrogens is 234 g/mol. The summed E-state index contributed by atoms with van der Waals surface area (Å²) in [4.78, 5) is 0. The summed E-state index contributed by atoms with van der Waals surface area (Å²) in [6.07, 6.45) is 5.16. The summed E-state index contributed by atoms with van der Waals surface area (Å²) in [5.41, 5.74) is 1.11. The number of nitrogens with zero attached hydrogens (tertiary/aromatic N) is 2. The first-order chi connectivity index (χ1) is 8.10. The number of hydrogen-bond acceptors (Lipinski definition) is 2. The van der Waals surface area contributed by atoms with E-state index in [1.807, 2.05) is 11.7 Å². The zero-order valence-electron chi connectivity index (χ0n) is 11.3. The molecule has 0 spiro atoms. The van der Waals surface area contributed by atoms with Gasteiger partial charge in [-0.3, -0.25) is 4.68 Å². The molecule has 98 valence electrons. The molecule has 1 heterocycles. The van der Waals surface area contributed by atoms with Gasteiger partial charge in [0.1, 0.15) is 0 Å². The van der Waals surface area contributed by atoms with E-state index in [0.29, 0.717) is 12.0 Å². The first-order valence-electron chi connectivity index (χ1n) is 6.50. The van der Waals surface area contributed by atoms with Crippen LogP contribution in [-0.4, -0.2) is 16.3 Å². The molecule has 0 aliphatic rings. The maximum absolute atomic E-state index is 6.22. The highest BCUT2D eigenvalue weighted by Crippen LogP contribution is 2.28. The standard InChI is InChI=1S/C13H24ClN3/c1-5-7-15-12(8-10(3)6-2)13-11(14)9-16-17(13)4/h9-10,12,15H,5-8H2,1-4H3. The second kappa shape index (κ2) is 7.02. The molecule has 1 rings (SSSR count). The molecule has 0 aliphatic carbocycles. The van der Waals surface area contributed by atoms with Gasteiger partial charge in [0.05, 0.1) is 23.0 Å². The van der Waals surface area contributed by atoms with E-state index < -0.39 is 0 Å². The Balaban J connectivity index is 2.81. The molecule has 0 radical (unpaired) electrons. The molecular formula is C13H24ClN3. The molecule has 17 heavy (non-hydrogen) atoms. The van der Waals surface area contributed by atoms with Gasteiger partial charge in [0.2, 0.25) is 0 Å². The van der Waals surface area contributed by atoms with E-state index in [1.165, 1.54) is 6.42 Å². The molecule has 0 amide bonds. The number of aryl methyl sites for hydroxylation is 1. The van der Waals surface area contributed by atoms with Crippen molar-refractivity contribution in [3.63, 3.8) is 0 Å². The Bertz CT molecular complexity index is 316. The van der Waals surface area contributed by atoms with Gasteiger partial charge in [-0.25, -0.2) is 0 Å². The molecule has 0 bridgehead atoms. The van der Waals surface area contributed by atoms with E-state index >= 15 is 0 Å². The van der Waals surface area contributed by atoms with Crippen molar-refractivity contribution in [3.8, 4) is 0 Å². The first-order valence-corrected chi connectivity index (χ1v) is 6.88. The molecule has 0 fully saturated rings. The van der Waals surface area contributed by atoms with Gasteiger partial charge in [0.15, 0.2) is 0 Å². The summed E-state index contributed by atoms with van der Waals surface area (Å²) in [7, 11) is 1.96. The molecule has 0 aromatic carbocycles. The van der Waals surface area contributed by atoms with Crippen molar-refractivity contribution in [2.24, 2.45) is 13.0 Å². The fourth-order valence-electron chi connectivity index (χ4n) is 1.99. The number of halogens is 1. The molecule has 0 aliphatic heterocycles. The van der Waals surface area contributed by atoms with Crippen LogP contribution in [0, 0.1) is 5.92 Å². The SMILES string of the molecule is CCCNC(CC(C)CC)c1c(Cl)cnn1C. The Morgan fingerprint density at radius 3 is 2.65 bits per heavy atom. The van der Waals surface area contributed by atoms with Crippen molar-refractivity contribution in [1.29, 1.82) is 0 Å². The van der Waals surface area contributed by atoms with Gasteiger partial charge < -0.3 is 5.32 Å². The monoisotopic (exact) mass is 257 g/mol. The van der Waals surface area contributed by atoms with Crippen LogP contribution in [0.5, 0.6) is 0 Å². The van der Waals surface area contributed by atoms with Crippen molar-refractivity contribution in [1.82, 2.24) is 15.1 Å². The summed E-state index contributed by atoms with van der Waals surface area (Å²) < 4.78 is 1.89. The minimum absolute atomic E-state index is 0.310. The topological polar surface area (TPSA) is 29.9 Å². The lowest BCUT2D eigenvalue weighted by atomic mass is 9.97. The van der Waals surface area contributed by atoms with Crippen molar-refractivity contribution < 1.29 is 0 Å². The molecule has 0 saturated carbocycles. The fraction of sp³-hybridized carbons (Fsp3) is 0.769. The summed E-state index contributed by atoms with van der Waals surface area (Å²) in [6, 6.07) is 0.310. The number of hydrogen-bond donors (Lipinski definition) is 1. The predicted molar refractivity (Wildman–Crippen MR) is 73.3 cm³/mol. The van der Waals surface area contributed by atoms with Gasteiger partial charge >= 0.3 is 0 Å². The smallest absolute Gasteiger partial charge is 0.0834 e. The van der Waals surface area contributed by atoms with Crippen molar-refractivity contribution >= 4 is 11.6 Å². The Hall–Kier alpha value is -0.540. The van der Waals surface area contributed by atoms with Gasteiger partial charge in [0.25, 0.3) is 0 Å². The summed E-state index contributed by atoms with van der Waals surface area (Å²) in [5, 5.41) is 8.56. The lowest BCUT2D eigenvalue weighted by Gasteiger charge is -2.22.